The number of amides is 4. The molecule has 4 amide bonds. The van der Waals surface area contributed by atoms with Crippen LogP contribution >= 0.6 is 0 Å². The van der Waals surface area contributed by atoms with Gasteiger partial charge in [-0.3, -0.25) is 14.5 Å². The molecule has 4 aliphatic rings. The maximum atomic E-state index is 12.6. The average molecular weight is 347 g/mol. The van der Waals surface area contributed by atoms with Gasteiger partial charge in [0.25, 0.3) is 5.91 Å². The van der Waals surface area contributed by atoms with Crippen molar-refractivity contribution < 1.29 is 14.4 Å². The van der Waals surface area contributed by atoms with E-state index in [1.54, 1.807) is 6.92 Å². The molecule has 2 N–H and O–H groups in total. The lowest BCUT2D eigenvalue weighted by Gasteiger charge is -2.39. The molecule has 2 bridgehead atoms. The molecule has 4 rings (SSSR count). The third-order valence-corrected chi connectivity index (χ3v) is 8.13. The van der Waals surface area contributed by atoms with Gasteiger partial charge in [0, 0.05) is 6.04 Å². The number of urea groups is 1. The van der Waals surface area contributed by atoms with Crippen LogP contribution in [0, 0.1) is 22.7 Å². The fraction of sp³-hybridized carbons (Fsp3) is 0.842. The first kappa shape index (κ1) is 16.9. The number of fused-ring (bicyclic) bond motifs is 2. The van der Waals surface area contributed by atoms with E-state index in [4.69, 9.17) is 0 Å². The molecular formula is C19H29N3O3. The number of hydrogen-bond acceptors (Lipinski definition) is 3. The molecule has 138 valence electrons. The van der Waals surface area contributed by atoms with E-state index in [0.717, 1.165) is 30.6 Å². The van der Waals surface area contributed by atoms with Gasteiger partial charge in [-0.2, -0.15) is 0 Å². The molecule has 25 heavy (non-hydrogen) atoms. The lowest BCUT2D eigenvalue weighted by Crippen LogP contribution is -2.51. The minimum Gasteiger partial charge on any atom is -0.351 e. The first-order valence-electron chi connectivity index (χ1n) is 9.53. The summed E-state index contributed by atoms with van der Waals surface area (Å²) in [6, 6.07) is -0.307. The van der Waals surface area contributed by atoms with E-state index in [0.29, 0.717) is 5.92 Å². The number of hydrogen-bond donors (Lipinski definition) is 2. The Morgan fingerprint density at radius 3 is 2.36 bits per heavy atom. The van der Waals surface area contributed by atoms with Crippen LogP contribution in [0.2, 0.25) is 0 Å². The molecule has 0 aromatic carbocycles. The highest BCUT2D eigenvalue weighted by atomic mass is 16.2. The molecule has 1 aliphatic heterocycles. The molecule has 0 aromatic heterocycles. The van der Waals surface area contributed by atoms with E-state index in [1.807, 2.05) is 0 Å². The Balaban J connectivity index is 1.42. The molecule has 4 fully saturated rings. The topological polar surface area (TPSA) is 78.5 Å². The van der Waals surface area contributed by atoms with Crippen LogP contribution in [-0.2, 0) is 9.59 Å². The Morgan fingerprint density at radius 2 is 1.84 bits per heavy atom. The Hall–Kier alpha value is -1.59. The Morgan fingerprint density at radius 1 is 1.16 bits per heavy atom. The van der Waals surface area contributed by atoms with Crippen molar-refractivity contribution in [2.24, 2.45) is 22.7 Å². The zero-order valence-corrected chi connectivity index (χ0v) is 15.6. The van der Waals surface area contributed by atoms with Crippen molar-refractivity contribution in [3.63, 3.8) is 0 Å². The van der Waals surface area contributed by atoms with E-state index in [-0.39, 0.29) is 41.1 Å². The van der Waals surface area contributed by atoms with Gasteiger partial charge in [0.1, 0.15) is 12.1 Å². The molecule has 0 unspecified atom stereocenters. The second kappa shape index (κ2) is 4.98. The Bertz CT molecular complexity index is 656. The van der Waals surface area contributed by atoms with Gasteiger partial charge in [-0.25, -0.2) is 4.79 Å². The standard InChI is InChI=1S/C19H29N3O3/c1-17(2)12-7-8-18(17,3)13(9-12)20-14(23)10-22-15(24)19(4,11-5-6-11)21-16(22)25/h11-13H,5-10H2,1-4H3,(H,20,23)(H,21,25)/t12-,13+,18-,19-/m1/s1. The molecule has 0 aromatic rings. The summed E-state index contributed by atoms with van der Waals surface area (Å²) in [6.07, 6.45) is 5.26. The van der Waals surface area contributed by atoms with E-state index < -0.39 is 11.6 Å². The summed E-state index contributed by atoms with van der Waals surface area (Å²) in [5, 5.41) is 5.93. The third-order valence-electron chi connectivity index (χ3n) is 8.13. The van der Waals surface area contributed by atoms with E-state index >= 15 is 0 Å². The Kier molecular flexibility index (Phi) is 3.36. The van der Waals surface area contributed by atoms with Crippen LogP contribution in [0.5, 0.6) is 0 Å². The van der Waals surface area contributed by atoms with Crippen molar-refractivity contribution in [3.05, 3.63) is 0 Å². The van der Waals surface area contributed by atoms with Crippen molar-refractivity contribution in [1.82, 2.24) is 15.5 Å². The highest BCUT2D eigenvalue weighted by Gasteiger charge is 2.62. The molecule has 1 saturated heterocycles. The van der Waals surface area contributed by atoms with Crippen molar-refractivity contribution >= 4 is 17.8 Å². The smallest absolute Gasteiger partial charge is 0.325 e. The zero-order valence-electron chi connectivity index (χ0n) is 15.6. The third kappa shape index (κ3) is 2.18. The van der Waals surface area contributed by atoms with Gasteiger partial charge in [0.2, 0.25) is 5.91 Å². The van der Waals surface area contributed by atoms with E-state index in [1.165, 1.54) is 6.42 Å². The van der Waals surface area contributed by atoms with Gasteiger partial charge in [-0.15, -0.1) is 0 Å². The summed E-state index contributed by atoms with van der Waals surface area (Å²) in [5.41, 5.74) is -0.513. The fourth-order valence-corrected chi connectivity index (χ4v) is 5.60. The predicted molar refractivity (Wildman–Crippen MR) is 92.5 cm³/mol. The van der Waals surface area contributed by atoms with Gasteiger partial charge in [0.15, 0.2) is 0 Å². The minimum absolute atomic E-state index is 0.0904. The molecule has 3 saturated carbocycles. The zero-order chi connectivity index (χ0) is 18.2. The SMILES string of the molecule is CC1(C)[C@@H]2CC[C@]1(C)[C@@H](NC(=O)CN1C(=O)N[C@](C)(C3CC3)C1=O)C2. The number of carbonyl (C=O) groups is 3. The summed E-state index contributed by atoms with van der Waals surface area (Å²) in [7, 11) is 0. The number of imide groups is 1. The summed E-state index contributed by atoms with van der Waals surface area (Å²) in [5.74, 6) is 0.368. The summed E-state index contributed by atoms with van der Waals surface area (Å²) in [6.45, 7) is 8.47. The predicted octanol–water partition coefficient (Wildman–Crippen LogP) is 2.04. The van der Waals surface area contributed by atoms with Gasteiger partial charge >= 0.3 is 6.03 Å². The lowest BCUT2D eigenvalue weighted by molar-refractivity contribution is -0.135. The summed E-state index contributed by atoms with van der Waals surface area (Å²) >= 11 is 0. The quantitative estimate of drug-likeness (QED) is 0.764. The summed E-state index contributed by atoms with van der Waals surface area (Å²) in [4.78, 5) is 38.5. The molecule has 0 spiro atoms. The fourth-order valence-electron chi connectivity index (χ4n) is 5.60. The summed E-state index contributed by atoms with van der Waals surface area (Å²) < 4.78 is 0. The van der Waals surface area contributed by atoms with Gasteiger partial charge in [-0.1, -0.05) is 20.8 Å². The second-order valence-electron chi connectivity index (χ2n) is 9.53. The molecule has 6 heteroatoms. The second-order valence-corrected chi connectivity index (χ2v) is 9.53. The number of nitrogens with zero attached hydrogens (tertiary/aromatic N) is 1. The molecule has 4 atom stereocenters. The number of carbonyl (C=O) groups excluding carboxylic acids is 3. The van der Waals surface area contributed by atoms with Crippen LogP contribution in [-0.4, -0.2) is 40.9 Å². The normalized spacial score (nSPS) is 42.0. The van der Waals surface area contributed by atoms with Gasteiger partial charge < -0.3 is 10.6 Å². The molecule has 0 radical (unpaired) electrons. The average Bonchev–Trinajstić information content (AvgIpc) is 3.29. The highest BCUT2D eigenvalue weighted by Crippen LogP contribution is 2.65. The van der Waals surface area contributed by atoms with Crippen molar-refractivity contribution in [3.8, 4) is 0 Å². The molecule has 3 aliphatic carbocycles. The Labute approximate surface area is 149 Å². The van der Waals surface area contributed by atoms with Crippen molar-refractivity contribution in [2.45, 2.75) is 71.4 Å². The van der Waals surface area contributed by atoms with Gasteiger partial charge in [-0.05, 0) is 61.7 Å². The van der Waals surface area contributed by atoms with Crippen LogP contribution in [0.25, 0.3) is 0 Å². The maximum absolute atomic E-state index is 12.6. The van der Waals surface area contributed by atoms with Gasteiger partial charge in [0.05, 0.1) is 0 Å². The largest absolute Gasteiger partial charge is 0.351 e. The van der Waals surface area contributed by atoms with E-state index in [9.17, 15) is 14.4 Å². The monoisotopic (exact) mass is 347 g/mol. The lowest BCUT2D eigenvalue weighted by atomic mass is 9.69. The molecule has 6 nitrogen and oxygen atoms in total. The first-order valence-corrected chi connectivity index (χ1v) is 9.53. The molecular weight excluding hydrogens is 318 g/mol. The first-order chi connectivity index (χ1) is 11.6. The van der Waals surface area contributed by atoms with Crippen LogP contribution in [0.1, 0.15) is 59.8 Å². The van der Waals surface area contributed by atoms with Crippen LogP contribution in [0.3, 0.4) is 0 Å². The number of nitrogens with one attached hydrogen (secondary N) is 2. The van der Waals surface area contributed by atoms with Crippen molar-refractivity contribution in [1.29, 1.82) is 0 Å². The minimum atomic E-state index is -0.822. The van der Waals surface area contributed by atoms with Crippen LogP contribution < -0.4 is 10.6 Å². The van der Waals surface area contributed by atoms with E-state index in [2.05, 4.69) is 31.4 Å². The van der Waals surface area contributed by atoms with Crippen molar-refractivity contribution in [2.75, 3.05) is 6.54 Å². The van der Waals surface area contributed by atoms with Crippen LogP contribution in [0.15, 0.2) is 0 Å². The van der Waals surface area contributed by atoms with Crippen LogP contribution in [0.4, 0.5) is 4.79 Å². The number of rotatable bonds is 4. The highest BCUT2D eigenvalue weighted by molar-refractivity contribution is 6.09. The maximum Gasteiger partial charge on any atom is 0.325 e. The molecule has 1 heterocycles.